The number of ether oxygens (including phenoxy) is 1. The van der Waals surface area contributed by atoms with Gasteiger partial charge in [-0.3, -0.25) is 4.90 Å². The van der Waals surface area contributed by atoms with E-state index in [-0.39, 0.29) is 12.0 Å². The summed E-state index contributed by atoms with van der Waals surface area (Å²) in [5.41, 5.74) is 0.0744. The molecule has 0 bridgehead atoms. The molecule has 1 atom stereocenters. The standard InChI is InChI=1S/C15H23NO2/c1-15(13-17)8-5-9-16(12-15)10-11-18-14-6-3-2-4-7-14/h2-4,6-7,17H,5,8-13H2,1H3. The maximum absolute atomic E-state index is 9.41. The van der Waals surface area contributed by atoms with E-state index in [0.717, 1.165) is 31.8 Å². The zero-order valence-corrected chi connectivity index (χ0v) is 11.1. The van der Waals surface area contributed by atoms with Crippen LogP contribution in [0.1, 0.15) is 19.8 Å². The lowest BCUT2D eigenvalue weighted by atomic mass is 9.83. The summed E-state index contributed by atoms with van der Waals surface area (Å²) in [6.45, 7) is 6.19. The lowest BCUT2D eigenvalue weighted by Crippen LogP contribution is -2.44. The fraction of sp³-hybridized carbons (Fsp3) is 0.600. The Morgan fingerprint density at radius 3 is 2.83 bits per heavy atom. The zero-order chi connectivity index (χ0) is 12.8. The van der Waals surface area contributed by atoms with Crippen molar-refractivity contribution >= 4 is 0 Å². The highest BCUT2D eigenvalue weighted by molar-refractivity contribution is 5.20. The van der Waals surface area contributed by atoms with Gasteiger partial charge in [0, 0.05) is 25.1 Å². The number of benzene rings is 1. The Balaban J connectivity index is 1.74. The summed E-state index contributed by atoms with van der Waals surface area (Å²) in [5, 5.41) is 9.41. The van der Waals surface area contributed by atoms with Crippen LogP contribution in [-0.4, -0.2) is 42.9 Å². The number of nitrogens with zero attached hydrogens (tertiary/aromatic N) is 1. The monoisotopic (exact) mass is 249 g/mol. The minimum Gasteiger partial charge on any atom is -0.492 e. The van der Waals surface area contributed by atoms with Crippen molar-refractivity contribution in [2.24, 2.45) is 5.41 Å². The van der Waals surface area contributed by atoms with E-state index in [4.69, 9.17) is 4.74 Å². The Kier molecular flexibility index (Phi) is 4.61. The molecule has 1 aromatic rings. The second-order valence-electron chi connectivity index (χ2n) is 5.51. The van der Waals surface area contributed by atoms with Crippen LogP contribution in [0.2, 0.25) is 0 Å². The van der Waals surface area contributed by atoms with Crippen molar-refractivity contribution in [1.82, 2.24) is 4.90 Å². The summed E-state index contributed by atoms with van der Waals surface area (Å²) in [5.74, 6) is 0.930. The molecule has 0 radical (unpaired) electrons. The molecule has 100 valence electrons. The SMILES string of the molecule is CC1(CO)CCCN(CCOc2ccccc2)C1. The van der Waals surface area contributed by atoms with Crippen LogP contribution in [0.4, 0.5) is 0 Å². The van der Waals surface area contributed by atoms with Crippen molar-refractivity contribution in [3.63, 3.8) is 0 Å². The number of rotatable bonds is 5. The molecule has 1 saturated heterocycles. The van der Waals surface area contributed by atoms with Crippen molar-refractivity contribution in [3.05, 3.63) is 30.3 Å². The fourth-order valence-corrected chi connectivity index (χ4v) is 2.56. The van der Waals surface area contributed by atoms with Gasteiger partial charge in [-0.15, -0.1) is 0 Å². The van der Waals surface area contributed by atoms with E-state index in [2.05, 4.69) is 11.8 Å². The molecule has 1 fully saturated rings. The molecule has 1 aromatic carbocycles. The van der Waals surface area contributed by atoms with E-state index in [1.165, 1.54) is 6.42 Å². The summed E-state index contributed by atoms with van der Waals surface area (Å²) in [6, 6.07) is 9.92. The van der Waals surface area contributed by atoms with Crippen molar-refractivity contribution in [3.8, 4) is 5.75 Å². The third kappa shape index (κ3) is 3.72. The van der Waals surface area contributed by atoms with E-state index in [0.29, 0.717) is 6.61 Å². The first kappa shape index (κ1) is 13.4. The van der Waals surface area contributed by atoms with Crippen molar-refractivity contribution < 1.29 is 9.84 Å². The van der Waals surface area contributed by atoms with E-state index in [1.807, 2.05) is 30.3 Å². The predicted octanol–water partition coefficient (Wildman–Crippen LogP) is 2.16. The van der Waals surface area contributed by atoms with Gasteiger partial charge in [-0.05, 0) is 31.5 Å². The van der Waals surface area contributed by atoms with Gasteiger partial charge >= 0.3 is 0 Å². The molecular weight excluding hydrogens is 226 g/mol. The molecule has 1 N–H and O–H groups in total. The molecule has 18 heavy (non-hydrogen) atoms. The molecule has 1 aliphatic rings. The van der Waals surface area contributed by atoms with E-state index in [1.54, 1.807) is 0 Å². The minimum absolute atomic E-state index is 0.0744. The average molecular weight is 249 g/mol. The molecule has 0 aromatic heterocycles. The van der Waals surface area contributed by atoms with Gasteiger partial charge in [0.1, 0.15) is 12.4 Å². The first-order valence-electron chi connectivity index (χ1n) is 6.73. The van der Waals surface area contributed by atoms with Crippen LogP contribution in [0.5, 0.6) is 5.75 Å². The molecule has 2 rings (SSSR count). The molecule has 0 saturated carbocycles. The molecule has 0 spiro atoms. The molecule has 0 amide bonds. The van der Waals surface area contributed by atoms with Crippen LogP contribution in [0, 0.1) is 5.41 Å². The number of aliphatic hydroxyl groups is 1. The van der Waals surface area contributed by atoms with Gasteiger partial charge in [0.2, 0.25) is 0 Å². The second kappa shape index (κ2) is 6.21. The number of aliphatic hydroxyl groups excluding tert-OH is 1. The number of likely N-dealkylation sites (tertiary alicyclic amines) is 1. The smallest absolute Gasteiger partial charge is 0.119 e. The zero-order valence-electron chi connectivity index (χ0n) is 11.1. The summed E-state index contributed by atoms with van der Waals surface area (Å²) in [7, 11) is 0. The van der Waals surface area contributed by atoms with Crippen LogP contribution in [0.25, 0.3) is 0 Å². The highest BCUT2D eigenvalue weighted by atomic mass is 16.5. The lowest BCUT2D eigenvalue weighted by Gasteiger charge is -2.39. The van der Waals surface area contributed by atoms with Crippen molar-refractivity contribution in [2.45, 2.75) is 19.8 Å². The number of para-hydroxylation sites is 1. The first-order valence-corrected chi connectivity index (χ1v) is 6.73. The van der Waals surface area contributed by atoms with E-state index < -0.39 is 0 Å². The molecule has 0 aliphatic carbocycles. The molecule has 3 nitrogen and oxygen atoms in total. The van der Waals surface area contributed by atoms with E-state index in [9.17, 15) is 5.11 Å². The van der Waals surface area contributed by atoms with Crippen LogP contribution >= 0.6 is 0 Å². The number of hydrogen-bond acceptors (Lipinski definition) is 3. The topological polar surface area (TPSA) is 32.7 Å². The number of piperidine rings is 1. The Hall–Kier alpha value is -1.06. The van der Waals surface area contributed by atoms with Crippen LogP contribution < -0.4 is 4.74 Å². The van der Waals surface area contributed by atoms with Crippen LogP contribution in [0.15, 0.2) is 30.3 Å². The van der Waals surface area contributed by atoms with Crippen molar-refractivity contribution in [1.29, 1.82) is 0 Å². The highest BCUT2D eigenvalue weighted by Gasteiger charge is 2.29. The summed E-state index contributed by atoms with van der Waals surface area (Å²) >= 11 is 0. The number of hydrogen-bond donors (Lipinski definition) is 1. The second-order valence-corrected chi connectivity index (χ2v) is 5.51. The Morgan fingerprint density at radius 2 is 2.11 bits per heavy atom. The normalized spacial score (nSPS) is 25.0. The summed E-state index contributed by atoms with van der Waals surface area (Å²) in [6.07, 6.45) is 2.29. The molecule has 1 heterocycles. The third-order valence-electron chi connectivity index (χ3n) is 3.66. The van der Waals surface area contributed by atoms with Crippen LogP contribution in [-0.2, 0) is 0 Å². The van der Waals surface area contributed by atoms with Crippen molar-refractivity contribution in [2.75, 3.05) is 32.8 Å². The van der Waals surface area contributed by atoms with Crippen LogP contribution in [0.3, 0.4) is 0 Å². The van der Waals surface area contributed by atoms with Gasteiger partial charge in [-0.25, -0.2) is 0 Å². The highest BCUT2D eigenvalue weighted by Crippen LogP contribution is 2.28. The largest absolute Gasteiger partial charge is 0.492 e. The van der Waals surface area contributed by atoms with Gasteiger partial charge in [0.25, 0.3) is 0 Å². The molecule has 1 unspecified atom stereocenters. The third-order valence-corrected chi connectivity index (χ3v) is 3.66. The lowest BCUT2D eigenvalue weighted by molar-refractivity contribution is 0.0406. The van der Waals surface area contributed by atoms with Gasteiger partial charge in [0.05, 0.1) is 0 Å². The minimum atomic E-state index is 0.0744. The maximum atomic E-state index is 9.41. The first-order chi connectivity index (χ1) is 8.72. The van der Waals surface area contributed by atoms with Gasteiger partial charge in [0.15, 0.2) is 0 Å². The Bertz CT molecular complexity index is 355. The van der Waals surface area contributed by atoms with E-state index >= 15 is 0 Å². The van der Waals surface area contributed by atoms with Gasteiger partial charge in [-0.1, -0.05) is 25.1 Å². The summed E-state index contributed by atoms with van der Waals surface area (Å²) in [4.78, 5) is 2.39. The Morgan fingerprint density at radius 1 is 1.33 bits per heavy atom. The maximum Gasteiger partial charge on any atom is 0.119 e. The average Bonchev–Trinajstić information content (AvgIpc) is 2.40. The quantitative estimate of drug-likeness (QED) is 0.868. The predicted molar refractivity (Wildman–Crippen MR) is 72.8 cm³/mol. The molecule has 3 heteroatoms. The van der Waals surface area contributed by atoms with Gasteiger partial charge in [-0.2, -0.15) is 0 Å². The fourth-order valence-electron chi connectivity index (χ4n) is 2.56. The molecular formula is C15H23NO2. The summed E-state index contributed by atoms with van der Waals surface area (Å²) < 4.78 is 5.71. The Labute approximate surface area is 109 Å². The van der Waals surface area contributed by atoms with Gasteiger partial charge < -0.3 is 9.84 Å². The molecule has 1 aliphatic heterocycles.